The van der Waals surface area contributed by atoms with Gasteiger partial charge in [-0.2, -0.15) is 0 Å². The van der Waals surface area contributed by atoms with Crippen LogP contribution >= 0.6 is 11.3 Å². The fourth-order valence-electron chi connectivity index (χ4n) is 2.60. The van der Waals surface area contributed by atoms with Gasteiger partial charge in [0.05, 0.1) is 6.54 Å². The second kappa shape index (κ2) is 8.09. The number of rotatable bonds is 4. The highest BCUT2D eigenvalue weighted by Crippen LogP contribution is 2.17. The highest BCUT2D eigenvalue weighted by molar-refractivity contribution is 7.15. The minimum atomic E-state index is -0.348. The Bertz CT molecular complexity index is 773. The highest BCUT2D eigenvalue weighted by Gasteiger charge is 2.21. The van der Waals surface area contributed by atoms with Gasteiger partial charge in [0.2, 0.25) is 11.0 Å². The number of aromatic nitrogens is 2. The molecule has 1 saturated heterocycles. The molecule has 10 heteroatoms. The Morgan fingerprint density at radius 1 is 1.15 bits per heavy atom. The summed E-state index contributed by atoms with van der Waals surface area (Å²) >= 11 is 1.27. The summed E-state index contributed by atoms with van der Waals surface area (Å²) in [7, 11) is 0. The normalized spacial score (nSPS) is 14.2. The quantitative estimate of drug-likeness (QED) is 0.841. The lowest BCUT2D eigenvalue weighted by Crippen LogP contribution is -2.52. The number of aryl methyl sites for hydroxylation is 1. The van der Waals surface area contributed by atoms with Crippen molar-refractivity contribution in [3.05, 3.63) is 35.1 Å². The van der Waals surface area contributed by atoms with Crippen molar-refractivity contribution in [1.29, 1.82) is 0 Å². The molecule has 0 spiro atoms. The summed E-state index contributed by atoms with van der Waals surface area (Å²) in [6, 6.07) is 6.01. The van der Waals surface area contributed by atoms with E-state index in [0.717, 1.165) is 10.7 Å². The second-order valence-corrected chi connectivity index (χ2v) is 6.97. The maximum absolute atomic E-state index is 13.0. The number of anilines is 2. The maximum atomic E-state index is 13.0. The number of halogens is 1. The van der Waals surface area contributed by atoms with Crippen LogP contribution in [0.2, 0.25) is 0 Å². The third kappa shape index (κ3) is 4.66. The summed E-state index contributed by atoms with van der Waals surface area (Å²) in [4.78, 5) is 27.8. The highest BCUT2D eigenvalue weighted by atomic mass is 32.1. The molecule has 138 valence electrons. The average Bonchev–Trinajstić information content (AvgIpc) is 3.05. The van der Waals surface area contributed by atoms with E-state index in [9.17, 15) is 14.0 Å². The number of nitrogens with zero attached hydrogens (tertiary/aromatic N) is 4. The zero-order valence-corrected chi connectivity index (χ0v) is 15.1. The molecule has 8 nitrogen and oxygen atoms in total. The number of carbonyl (C=O) groups excluding carboxylic acids is 2. The molecule has 2 aromatic rings. The molecule has 26 heavy (non-hydrogen) atoms. The number of hydrogen-bond acceptors (Lipinski definition) is 6. The van der Waals surface area contributed by atoms with Gasteiger partial charge in [0, 0.05) is 31.9 Å². The summed E-state index contributed by atoms with van der Waals surface area (Å²) in [5.41, 5.74) is 0.929. The van der Waals surface area contributed by atoms with Crippen LogP contribution in [0.3, 0.4) is 0 Å². The Morgan fingerprint density at radius 2 is 1.85 bits per heavy atom. The Kier molecular flexibility index (Phi) is 5.61. The van der Waals surface area contributed by atoms with E-state index in [0.29, 0.717) is 31.3 Å². The molecular formula is C16H19FN6O2S. The molecule has 3 amide bonds. The Morgan fingerprint density at radius 3 is 2.46 bits per heavy atom. The average molecular weight is 378 g/mol. The van der Waals surface area contributed by atoms with E-state index in [1.54, 1.807) is 24.0 Å². The van der Waals surface area contributed by atoms with E-state index in [2.05, 4.69) is 25.7 Å². The lowest BCUT2D eigenvalue weighted by atomic mass is 10.2. The third-order valence-corrected chi connectivity index (χ3v) is 4.69. The molecule has 0 atom stereocenters. The molecule has 2 heterocycles. The first-order chi connectivity index (χ1) is 12.5. The lowest BCUT2D eigenvalue weighted by Gasteiger charge is -2.36. The van der Waals surface area contributed by atoms with Crippen LogP contribution in [0.5, 0.6) is 0 Å². The molecule has 0 bridgehead atoms. The number of nitrogens with one attached hydrogen (secondary N) is 2. The van der Waals surface area contributed by atoms with Crippen molar-refractivity contribution in [3.8, 4) is 0 Å². The molecule has 0 unspecified atom stereocenters. The first-order valence-corrected chi connectivity index (χ1v) is 8.96. The first-order valence-electron chi connectivity index (χ1n) is 8.14. The number of piperazine rings is 1. The molecule has 1 aliphatic heterocycles. The Balaban J connectivity index is 1.42. The van der Waals surface area contributed by atoms with Crippen LogP contribution < -0.4 is 15.5 Å². The molecule has 0 aliphatic carbocycles. The van der Waals surface area contributed by atoms with Gasteiger partial charge in [-0.3, -0.25) is 10.1 Å². The fraction of sp³-hybridized carbons (Fsp3) is 0.375. The van der Waals surface area contributed by atoms with E-state index in [-0.39, 0.29) is 24.3 Å². The topological polar surface area (TPSA) is 90.5 Å². The van der Waals surface area contributed by atoms with Crippen LogP contribution in [-0.4, -0.2) is 59.8 Å². The largest absolute Gasteiger partial charge is 0.368 e. The Labute approximate surface area is 154 Å². The van der Waals surface area contributed by atoms with E-state index in [1.807, 2.05) is 0 Å². The number of hydrogen-bond donors (Lipinski definition) is 2. The Hall–Kier alpha value is -2.75. The van der Waals surface area contributed by atoms with Gasteiger partial charge in [-0.05, 0) is 31.2 Å². The van der Waals surface area contributed by atoms with Gasteiger partial charge in [0.1, 0.15) is 10.8 Å². The standard InChI is InChI=1S/C16H19FN6O2S/c1-11-20-21-15(26-11)19-14(24)10-18-16(25)23-8-6-22(7-9-23)13-4-2-12(17)3-5-13/h2-5H,6-10H2,1H3,(H,18,25)(H,19,21,24). The molecular weight excluding hydrogens is 359 g/mol. The summed E-state index contributed by atoms with van der Waals surface area (Å²) in [5, 5.41) is 14.0. The van der Waals surface area contributed by atoms with Gasteiger partial charge in [-0.1, -0.05) is 11.3 Å². The molecule has 1 aliphatic rings. The van der Waals surface area contributed by atoms with Crippen LogP contribution in [0.4, 0.5) is 20.0 Å². The monoisotopic (exact) mass is 378 g/mol. The number of amides is 3. The summed E-state index contributed by atoms with van der Waals surface area (Å²) in [5.74, 6) is -0.617. The zero-order valence-electron chi connectivity index (χ0n) is 14.2. The van der Waals surface area contributed by atoms with Gasteiger partial charge < -0.3 is 15.1 Å². The van der Waals surface area contributed by atoms with Gasteiger partial charge in [0.25, 0.3) is 0 Å². The molecule has 1 fully saturated rings. The predicted octanol–water partition coefficient (Wildman–Crippen LogP) is 1.46. The first kappa shape index (κ1) is 18.1. The van der Waals surface area contributed by atoms with Crippen molar-refractivity contribution in [2.45, 2.75) is 6.92 Å². The lowest BCUT2D eigenvalue weighted by molar-refractivity contribution is -0.115. The van der Waals surface area contributed by atoms with E-state index < -0.39 is 0 Å². The van der Waals surface area contributed by atoms with Crippen LogP contribution in [0.25, 0.3) is 0 Å². The number of urea groups is 1. The van der Waals surface area contributed by atoms with Gasteiger partial charge in [0.15, 0.2) is 0 Å². The van der Waals surface area contributed by atoms with Crippen molar-refractivity contribution < 1.29 is 14.0 Å². The smallest absolute Gasteiger partial charge is 0.317 e. The SMILES string of the molecule is Cc1nnc(NC(=O)CNC(=O)N2CCN(c3ccc(F)cc3)CC2)s1. The van der Waals surface area contributed by atoms with Crippen molar-refractivity contribution in [2.24, 2.45) is 0 Å². The minimum absolute atomic E-state index is 0.129. The number of carbonyl (C=O) groups is 2. The van der Waals surface area contributed by atoms with Crippen LogP contribution in [0.15, 0.2) is 24.3 Å². The van der Waals surface area contributed by atoms with Crippen molar-refractivity contribution in [2.75, 3.05) is 42.9 Å². The molecule has 3 rings (SSSR count). The second-order valence-electron chi connectivity index (χ2n) is 5.78. The maximum Gasteiger partial charge on any atom is 0.317 e. The van der Waals surface area contributed by atoms with Crippen LogP contribution in [0, 0.1) is 12.7 Å². The predicted molar refractivity (Wildman–Crippen MR) is 96.9 cm³/mol. The number of benzene rings is 1. The van der Waals surface area contributed by atoms with Crippen molar-refractivity contribution >= 4 is 34.1 Å². The van der Waals surface area contributed by atoms with E-state index in [4.69, 9.17) is 0 Å². The molecule has 1 aromatic heterocycles. The van der Waals surface area contributed by atoms with Gasteiger partial charge in [-0.15, -0.1) is 10.2 Å². The van der Waals surface area contributed by atoms with Crippen LogP contribution in [0.1, 0.15) is 5.01 Å². The van der Waals surface area contributed by atoms with Gasteiger partial charge >= 0.3 is 6.03 Å². The van der Waals surface area contributed by atoms with E-state index in [1.165, 1.54) is 23.5 Å². The van der Waals surface area contributed by atoms with Crippen molar-refractivity contribution in [1.82, 2.24) is 20.4 Å². The van der Waals surface area contributed by atoms with Crippen molar-refractivity contribution in [3.63, 3.8) is 0 Å². The van der Waals surface area contributed by atoms with Crippen LogP contribution in [-0.2, 0) is 4.79 Å². The minimum Gasteiger partial charge on any atom is -0.368 e. The summed E-state index contributed by atoms with van der Waals surface area (Å²) < 4.78 is 13.0. The molecule has 2 N–H and O–H groups in total. The summed E-state index contributed by atoms with van der Waals surface area (Å²) in [6.07, 6.45) is 0. The molecule has 0 radical (unpaired) electrons. The fourth-order valence-corrected chi connectivity index (χ4v) is 3.21. The summed E-state index contributed by atoms with van der Waals surface area (Å²) in [6.45, 7) is 4.02. The molecule has 0 saturated carbocycles. The molecule has 1 aromatic carbocycles. The third-order valence-electron chi connectivity index (χ3n) is 3.93. The zero-order chi connectivity index (χ0) is 18.5. The van der Waals surface area contributed by atoms with E-state index >= 15 is 0 Å². The van der Waals surface area contributed by atoms with Gasteiger partial charge in [-0.25, -0.2) is 9.18 Å².